The minimum atomic E-state index is -0.668. The number of hydrogen-bond acceptors (Lipinski definition) is 3. The molecule has 0 spiro atoms. The topological polar surface area (TPSA) is 75.6 Å². The van der Waals surface area contributed by atoms with Crippen molar-refractivity contribution in [2.45, 2.75) is 20.0 Å². The number of rotatable bonds is 5. The van der Waals surface area contributed by atoms with Crippen molar-refractivity contribution < 1.29 is 14.3 Å². The monoisotopic (exact) mass is 331 g/mol. The molecule has 3 aromatic rings. The van der Waals surface area contributed by atoms with Crippen LogP contribution in [-0.4, -0.2) is 21.5 Å². The van der Waals surface area contributed by atoms with Crippen molar-refractivity contribution in [2.24, 2.45) is 0 Å². The summed E-state index contributed by atoms with van der Waals surface area (Å²) in [4.78, 5) is 19.6. The first kappa shape index (κ1) is 16.6. The Labute approximate surface area is 145 Å². The summed E-state index contributed by atoms with van der Waals surface area (Å²) in [5, 5.41) is 0.974. The Bertz CT molecular complexity index is 958. The highest BCUT2D eigenvalue weighted by Gasteiger charge is 2.24. The van der Waals surface area contributed by atoms with Crippen LogP contribution in [-0.2, 0) is 22.6 Å². The molecule has 5 heteroatoms. The number of aromatic nitrogens is 1. The smallest absolute Gasteiger partial charge is 0.422 e. The van der Waals surface area contributed by atoms with Crippen molar-refractivity contribution in [3.05, 3.63) is 83.0 Å². The molecule has 25 heavy (non-hydrogen) atoms. The molecule has 0 atom stereocenters. The zero-order valence-corrected chi connectivity index (χ0v) is 13.8. The molecule has 124 valence electrons. The number of fused-ring (bicyclic) bond motifs is 1. The third-order valence-electron chi connectivity index (χ3n) is 3.97. The highest BCUT2D eigenvalue weighted by atomic mass is 16.5. The van der Waals surface area contributed by atoms with E-state index < -0.39 is 5.97 Å². The normalized spacial score (nSPS) is 10.3. The lowest BCUT2D eigenvalue weighted by molar-refractivity contribution is -0.141. The van der Waals surface area contributed by atoms with Gasteiger partial charge in [-0.2, -0.15) is 4.79 Å². The number of nitrogens with zero attached hydrogens (tertiary/aromatic N) is 3. The number of hydrogen-bond donors (Lipinski definition) is 0. The van der Waals surface area contributed by atoms with Crippen LogP contribution in [0.2, 0.25) is 0 Å². The van der Waals surface area contributed by atoms with Gasteiger partial charge in [0.05, 0.1) is 11.1 Å². The summed E-state index contributed by atoms with van der Waals surface area (Å²) < 4.78 is 5.29. The van der Waals surface area contributed by atoms with Crippen LogP contribution in [0.3, 0.4) is 0 Å². The van der Waals surface area contributed by atoms with E-state index >= 15 is 0 Å². The molecule has 0 aliphatic heterocycles. The minimum absolute atomic E-state index is 0.0930. The number of ether oxygens (including phenoxy) is 1. The van der Waals surface area contributed by atoms with Gasteiger partial charge < -0.3 is 10.3 Å². The van der Waals surface area contributed by atoms with Gasteiger partial charge in [0.15, 0.2) is 0 Å². The van der Waals surface area contributed by atoms with Crippen LogP contribution >= 0.6 is 0 Å². The first-order chi connectivity index (χ1) is 12.2. The molecular weight excluding hydrogens is 314 g/mol. The second-order valence-corrected chi connectivity index (χ2v) is 5.61. The maximum absolute atomic E-state index is 12.2. The SMILES string of the molecule is CCc1ccc(C(=[N+]=[N-])C(=O)OCc2ccc3ncccc3c2)cc1. The lowest BCUT2D eigenvalue weighted by Crippen LogP contribution is -2.19. The fourth-order valence-electron chi connectivity index (χ4n) is 2.55. The molecule has 1 aromatic heterocycles. The summed E-state index contributed by atoms with van der Waals surface area (Å²) in [7, 11) is 0. The highest BCUT2D eigenvalue weighted by molar-refractivity contribution is 6.40. The number of pyridine rings is 1. The molecule has 0 saturated carbocycles. The summed E-state index contributed by atoms with van der Waals surface area (Å²) in [5.41, 5.74) is 12.5. The number of esters is 1. The van der Waals surface area contributed by atoms with E-state index in [1.165, 1.54) is 0 Å². The Kier molecular flexibility index (Phi) is 4.97. The Morgan fingerprint density at radius 1 is 1.12 bits per heavy atom. The van der Waals surface area contributed by atoms with Gasteiger partial charge in [0.2, 0.25) is 0 Å². The molecule has 0 aliphatic rings. The van der Waals surface area contributed by atoms with E-state index in [1.807, 2.05) is 49.4 Å². The van der Waals surface area contributed by atoms with Crippen molar-refractivity contribution in [1.29, 1.82) is 0 Å². The second-order valence-electron chi connectivity index (χ2n) is 5.61. The summed E-state index contributed by atoms with van der Waals surface area (Å²) in [6.45, 7) is 2.14. The zero-order valence-electron chi connectivity index (χ0n) is 13.8. The van der Waals surface area contributed by atoms with E-state index in [9.17, 15) is 10.3 Å². The largest absolute Gasteiger partial charge is 0.452 e. The summed E-state index contributed by atoms with van der Waals surface area (Å²) in [6, 6.07) is 16.7. The number of benzene rings is 2. The third kappa shape index (κ3) is 3.79. The predicted molar refractivity (Wildman–Crippen MR) is 95.1 cm³/mol. The lowest BCUT2D eigenvalue weighted by Gasteiger charge is -2.04. The van der Waals surface area contributed by atoms with Gasteiger partial charge >= 0.3 is 11.7 Å². The molecule has 0 N–H and O–H groups in total. The van der Waals surface area contributed by atoms with Gasteiger partial charge in [-0.15, -0.1) is 0 Å². The number of carbonyl (C=O) groups is 1. The quantitative estimate of drug-likeness (QED) is 0.310. The molecule has 5 nitrogen and oxygen atoms in total. The van der Waals surface area contributed by atoms with E-state index in [0.29, 0.717) is 5.56 Å². The van der Waals surface area contributed by atoms with Crippen molar-refractivity contribution >= 4 is 22.6 Å². The molecular formula is C20H17N3O2. The van der Waals surface area contributed by atoms with Crippen LogP contribution < -0.4 is 0 Å². The van der Waals surface area contributed by atoms with Gasteiger partial charge in [-0.25, -0.2) is 4.79 Å². The maximum atomic E-state index is 12.2. The summed E-state index contributed by atoms with van der Waals surface area (Å²) in [6.07, 6.45) is 2.63. The van der Waals surface area contributed by atoms with E-state index in [1.54, 1.807) is 18.3 Å². The maximum Gasteiger partial charge on any atom is 0.422 e. The van der Waals surface area contributed by atoms with Crippen LogP contribution in [0.4, 0.5) is 0 Å². The molecule has 3 rings (SSSR count). The van der Waals surface area contributed by atoms with Gasteiger partial charge in [0.1, 0.15) is 6.61 Å². The van der Waals surface area contributed by atoms with Gasteiger partial charge in [-0.05, 0) is 47.9 Å². The average molecular weight is 331 g/mol. The van der Waals surface area contributed by atoms with E-state index in [4.69, 9.17) is 4.74 Å². The molecule has 0 aliphatic carbocycles. The van der Waals surface area contributed by atoms with Gasteiger partial charge in [-0.1, -0.05) is 31.2 Å². The minimum Gasteiger partial charge on any atom is -0.452 e. The van der Waals surface area contributed by atoms with E-state index in [-0.39, 0.29) is 12.3 Å². The van der Waals surface area contributed by atoms with Crippen molar-refractivity contribution in [1.82, 2.24) is 4.98 Å². The van der Waals surface area contributed by atoms with Crippen LogP contribution in [0.25, 0.3) is 16.4 Å². The fourth-order valence-corrected chi connectivity index (χ4v) is 2.55. The lowest BCUT2D eigenvalue weighted by atomic mass is 10.1. The summed E-state index contributed by atoms with van der Waals surface area (Å²) in [5.74, 6) is -0.668. The molecule has 1 heterocycles. The molecule has 0 saturated heterocycles. The van der Waals surface area contributed by atoms with Crippen LogP contribution in [0, 0.1) is 0 Å². The Morgan fingerprint density at radius 2 is 1.88 bits per heavy atom. The molecule has 0 fully saturated rings. The Morgan fingerprint density at radius 3 is 2.60 bits per heavy atom. The van der Waals surface area contributed by atoms with Gasteiger partial charge in [0.25, 0.3) is 0 Å². The highest BCUT2D eigenvalue weighted by Crippen LogP contribution is 2.14. The standard InChI is InChI=1S/C20H17N3O2/c1-2-14-5-8-16(9-6-14)19(23-21)20(24)25-13-15-7-10-18-17(12-15)4-3-11-22-18/h3-12H,2,13H2,1H3. The zero-order chi connectivity index (χ0) is 17.6. The third-order valence-corrected chi connectivity index (χ3v) is 3.97. The van der Waals surface area contributed by atoms with E-state index in [0.717, 1.165) is 28.5 Å². The first-order valence-corrected chi connectivity index (χ1v) is 8.03. The molecule has 0 radical (unpaired) electrons. The van der Waals surface area contributed by atoms with E-state index in [2.05, 4.69) is 9.77 Å². The van der Waals surface area contributed by atoms with Gasteiger partial charge in [0, 0.05) is 11.6 Å². The fraction of sp³-hybridized carbons (Fsp3) is 0.150. The van der Waals surface area contributed by atoms with Crippen LogP contribution in [0.5, 0.6) is 0 Å². The van der Waals surface area contributed by atoms with Crippen LogP contribution in [0.15, 0.2) is 60.8 Å². The predicted octanol–water partition coefficient (Wildman–Crippen LogP) is 3.56. The molecule has 0 amide bonds. The van der Waals surface area contributed by atoms with Gasteiger partial charge in [-0.3, -0.25) is 4.98 Å². The van der Waals surface area contributed by atoms with Crippen molar-refractivity contribution in [3.8, 4) is 0 Å². The molecule has 0 unspecified atom stereocenters. The Balaban J connectivity index is 1.72. The summed E-state index contributed by atoms with van der Waals surface area (Å²) >= 11 is 0. The first-order valence-electron chi connectivity index (χ1n) is 8.03. The Hall–Kier alpha value is -3.30. The molecule has 2 aromatic carbocycles. The number of aryl methyl sites for hydroxylation is 1. The van der Waals surface area contributed by atoms with Crippen LogP contribution in [0.1, 0.15) is 23.6 Å². The van der Waals surface area contributed by atoms with Crippen molar-refractivity contribution in [3.63, 3.8) is 0 Å². The molecule has 0 bridgehead atoms. The average Bonchev–Trinajstić information content (AvgIpc) is 2.67. The number of carbonyl (C=O) groups excluding carboxylic acids is 1. The van der Waals surface area contributed by atoms with Crippen molar-refractivity contribution in [2.75, 3.05) is 0 Å². The second kappa shape index (κ2) is 7.51.